The van der Waals surface area contributed by atoms with Crippen LogP contribution in [0.3, 0.4) is 0 Å². The molecule has 1 aliphatic rings. The van der Waals surface area contributed by atoms with Gasteiger partial charge in [-0.15, -0.1) is 0 Å². The minimum absolute atomic E-state index is 0.176. The fraction of sp³-hybridized carbons (Fsp3) is 0.227. The molecule has 2 heterocycles. The van der Waals surface area contributed by atoms with Crippen molar-refractivity contribution in [1.82, 2.24) is 9.55 Å². The number of fused-ring (bicyclic) bond motifs is 1. The third kappa shape index (κ3) is 3.47. The number of methoxy groups -OCH3 is 1. The lowest BCUT2D eigenvalue weighted by atomic mass is 10.1. The number of hydrogen-bond acceptors (Lipinski definition) is 6. The number of aliphatic imine (C=N–C) groups is 1. The molecule has 7 heteroatoms. The topological polar surface area (TPSA) is 80.5 Å². The molecule has 0 unspecified atom stereocenters. The first-order chi connectivity index (χ1) is 14.0. The summed E-state index contributed by atoms with van der Waals surface area (Å²) in [6.45, 7) is 5.92. The van der Waals surface area contributed by atoms with Gasteiger partial charge >= 0.3 is 0 Å². The second kappa shape index (κ2) is 7.43. The predicted octanol–water partition coefficient (Wildman–Crippen LogP) is 3.62. The smallest absolute Gasteiger partial charge is 0.257 e. The van der Waals surface area contributed by atoms with Gasteiger partial charge in [0.25, 0.3) is 5.56 Å². The number of benzene rings is 2. The van der Waals surface area contributed by atoms with Crippen LogP contribution < -0.4 is 20.9 Å². The van der Waals surface area contributed by atoms with E-state index < -0.39 is 6.17 Å². The number of aromatic nitrogens is 2. The fourth-order valence-electron chi connectivity index (χ4n) is 3.41. The number of aryl methyl sites for hydroxylation is 2. The van der Waals surface area contributed by atoms with Crippen molar-refractivity contribution >= 4 is 17.6 Å². The lowest BCUT2D eigenvalue weighted by molar-refractivity contribution is 0.401. The molecule has 0 bridgehead atoms. The average molecular weight is 389 g/mol. The van der Waals surface area contributed by atoms with Crippen molar-refractivity contribution < 1.29 is 4.74 Å². The Labute approximate surface area is 169 Å². The van der Waals surface area contributed by atoms with E-state index in [4.69, 9.17) is 9.73 Å². The Morgan fingerprint density at radius 1 is 1.10 bits per heavy atom. The highest BCUT2D eigenvalue weighted by Crippen LogP contribution is 2.32. The number of anilines is 2. The number of ether oxygens (including phenoxy) is 1. The second-order valence-electron chi connectivity index (χ2n) is 7.02. The van der Waals surface area contributed by atoms with E-state index in [1.54, 1.807) is 18.6 Å². The zero-order valence-electron chi connectivity index (χ0n) is 16.9. The van der Waals surface area contributed by atoms with Crippen LogP contribution in [0.1, 0.15) is 28.6 Å². The maximum absolute atomic E-state index is 12.8. The monoisotopic (exact) mass is 389 g/mol. The van der Waals surface area contributed by atoms with Crippen LogP contribution in [-0.4, -0.2) is 22.6 Å². The van der Waals surface area contributed by atoms with Crippen LogP contribution in [0.25, 0.3) is 0 Å². The first-order valence-corrected chi connectivity index (χ1v) is 9.39. The van der Waals surface area contributed by atoms with Crippen LogP contribution in [0.5, 0.6) is 5.75 Å². The van der Waals surface area contributed by atoms with E-state index in [1.165, 1.54) is 11.6 Å². The molecular weight excluding hydrogens is 366 g/mol. The molecular formula is C22H23N5O2. The van der Waals surface area contributed by atoms with Crippen molar-refractivity contribution in [3.05, 3.63) is 81.3 Å². The van der Waals surface area contributed by atoms with Crippen LogP contribution in [0.15, 0.2) is 58.3 Å². The van der Waals surface area contributed by atoms with Crippen LogP contribution in [-0.2, 0) is 0 Å². The van der Waals surface area contributed by atoms with Gasteiger partial charge in [0.1, 0.15) is 5.75 Å². The summed E-state index contributed by atoms with van der Waals surface area (Å²) in [6.07, 6.45) is -0.601. The summed E-state index contributed by atoms with van der Waals surface area (Å²) < 4.78 is 7.06. The summed E-state index contributed by atoms with van der Waals surface area (Å²) in [7, 11) is 1.61. The second-order valence-corrected chi connectivity index (χ2v) is 7.02. The molecule has 0 amide bonds. The van der Waals surface area contributed by atoms with Crippen molar-refractivity contribution in [3.63, 3.8) is 0 Å². The Balaban J connectivity index is 1.85. The molecule has 2 aromatic carbocycles. The Kier molecular flexibility index (Phi) is 4.80. The number of guanidine groups is 1. The summed E-state index contributed by atoms with van der Waals surface area (Å²) in [5.74, 6) is 1.62. The van der Waals surface area contributed by atoms with Gasteiger partial charge < -0.3 is 10.1 Å². The zero-order valence-corrected chi connectivity index (χ0v) is 16.9. The lowest BCUT2D eigenvalue weighted by Crippen LogP contribution is -2.38. The van der Waals surface area contributed by atoms with Gasteiger partial charge in [-0.3, -0.25) is 14.7 Å². The molecule has 148 valence electrons. The zero-order chi connectivity index (χ0) is 20.5. The highest BCUT2D eigenvalue weighted by Gasteiger charge is 2.27. The molecule has 0 aliphatic carbocycles. The third-order valence-corrected chi connectivity index (χ3v) is 5.08. The third-order valence-electron chi connectivity index (χ3n) is 5.08. The van der Waals surface area contributed by atoms with Gasteiger partial charge in [0, 0.05) is 23.0 Å². The van der Waals surface area contributed by atoms with Gasteiger partial charge in [0.2, 0.25) is 11.9 Å². The number of rotatable bonds is 3. The lowest BCUT2D eigenvalue weighted by Gasteiger charge is -2.28. The maximum Gasteiger partial charge on any atom is 0.257 e. The molecule has 0 radical (unpaired) electrons. The molecule has 3 aromatic rings. The molecule has 7 nitrogen and oxygen atoms in total. The maximum atomic E-state index is 12.8. The molecule has 0 fully saturated rings. The molecule has 1 atom stereocenters. The van der Waals surface area contributed by atoms with Crippen molar-refractivity contribution in [2.75, 3.05) is 17.7 Å². The molecule has 2 N–H and O–H groups in total. The number of hydrogen-bond donors (Lipinski definition) is 2. The highest BCUT2D eigenvalue weighted by atomic mass is 16.5. The minimum Gasteiger partial charge on any atom is -0.496 e. The van der Waals surface area contributed by atoms with Crippen molar-refractivity contribution in [2.45, 2.75) is 26.9 Å². The Hall–Kier alpha value is -3.61. The van der Waals surface area contributed by atoms with E-state index in [2.05, 4.69) is 35.5 Å². The molecule has 0 saturated heterocycles. The van der Waals surface area contributed by atoms with Crippen molar-refractivity contribution in [1.29, 1.82) is 0 Å². The standard InChI is InChI=1S/C22H23N5O2/c1-13-8-7-10-17(15(13)3)24-21-25-20(16-9-5-6-11-18(16)29-4)27-19(28)12-14(2)23-22(27)26-21/h5-12,20H,1-4H3,(H2,23,24,25,26)/t20-/m1/s1. The van der Waals surface area contributed by atoms with Gasteiger partial charge in [-0.25, -0.2) is 9.98 Å². The normalized spacial score (nSPS) is 15.2. The van der Waals surface area contributed by atoms with Crippen LogP contribution >= 0.6 is 0 Å². The number of nitrogens with one attached hydrogen (secondary N) is 2. The number of para-hydroxylation sites is 1. The van der Waals surface area contributed by atoms with Gasteiger partial charge in [0.05, 0.1) is 7.11 Å². The first-order valence-electron chi connectivity index (χ1n) is 9.39. The highest BCUT2D eigenvalue weighted by molar-refractivity contribution is 6.04. The number of nitrogens with zero attached hydrogens (tertiary/aromatic N) is 3. The Morgan fingerprint density at radius 3 is 2.69 bits per heavy atom. The summed E-state index contributed by atoms with van der Waals surface area (Å²) in [6, 6.07) is 15.1. The van der Waals surface area contributed by atoms with E-state index in [9.17, 15) is 4.79 Å². The molecule has 1 aliphatic heterocycles. The summed E-state index contributed by atoms with van der Waals surface area (Å²) in [4.78, 5) is 22.1. The summed E-state index contributed by atoms with van der Waals surface area (Å²) in [5.41, 5.74) is 4.50. The van der Waals surface area contributed by atoms with Gasteiger partial charge in [-0.2, -0.15) is 0 Å². The average Bonchev–Trinajstić information content (AvgIpc) is 2.70. The van der Waals surface area contributed by atoms with E-state index >= 15 is 0 Å². The predicted molar refractivity (Wildman–Crippen MR) is 115 cm³/mol. The molecule has 0 saturated carbocycles. The largest absolute Gasteiger partial charge is 0.496 e. The molecule has 1 aromatic heterocycles. The van der Waals surface area contributed by atoms with Crippen molar-refractivity contribution in [3.8, 4) is 5.75 Å². The van der Waals surface area contributed by atoms with E-state index in [0.717, 1.165) is 16.8 Å². The van der Waals surface area contributed by atoms with Crippen molar-refractivity contribution in [2.24, 2.45) is 4.99 Å². The molecule has 4 rings (SSSR count). The van der Waals surface area contributed by atoms with Gasteiger partial charge in [-0.05, 0) is 44.0 Å². The minimum atomic E-state index is -0.601. The fourth-order valence-corrected chi connectivity index (χ4v) is 3.41. The van der Waals surface area contributed by atoms with Gasteiger partial charge in [-0.1, -0.05) is 30.3 Å². The van der Waals surface area contributed by atoms with E-state index in [1.807, 2.05) is 36.4 Å². The van der Waals surface area contributed by atoms with E-state index in [0.29, 0.717) is 23.4 Å². The van der Waals surface area contributed by atoms with Gasteiger partial charge in [0.15, 0.2) is 6.17 Å². The van der Waals surface area contributed by atoms with E-state index in [-0.39, 0.29) is 5.56 Å². The van der Waals surface area contributed by atoms with Crippen LogP contribution in [0.4, 0.5) is 11.6 Å². The van der Waals surface area contributed by atoms with Crippen LogP contribution in [0.2, 0.25) is 0 Å². The summed E-state index contributed by atoms with van der Waals surface area (Å²) >= 11 is 0. The summed E-state index contributed by atoms with van der Waals surface area (Å²) in [5, 5.41) is 6.51. The molecule has 29 heavy (non-hydrogen) atoms. The Bertz CT molecular complexity index is 1170. The SMILES string of the molecule is COc1ccccc1[C@@H]1N=C(Nc2cccc(C)c2C)Nc2nc(C)cc(=O)n21. The quantitative estimate of drug-likeness (QED) is 0.715. The Morgan fingerprint density at radius 2 is 1.90 bits per heavy atom. The molecule has 0 spiro atoms. The first kappa shape index (κ1) is 18.7. The van der Waals surface area contributed by atoms with Crippen LogP contribution in [0, 0.1) is 20.8 Å².